The van der Waals surface area contributed by atoms with Crippen molar-refractivity contribution in [2.75, 3.05) is 76.6 Å². The first-order valence-electron chi connectivity index (χ1n) is 15.1. The molecule has 2 aliphatic rings. The maximum Gasteiger partial charge on any atom is 0.162 e. The van der Waals surface area contributed by atoms with Gasteiger partial charge >= 0.3 is 0 Å². The lowest BCUT2D eigenvalue weighted by molar-refractivity contribution is 0.362. The number of benzene rings is 1. The lowest BCUT2D eigenvalue weighted by atomic mass is 10.0. The molecule has 2 saturated heterocycles. The Labute approximate surface area is 259 Å². The van der Waals surface area contributed by atoms with Crippen LogP contribution in [0.4, 0.5) is 5.82 Å². The number of likely N-dealkylation sites (tertiary alicyclic amines) is 1. The molecule has 11 heteroatoms. The molecule has 5 rings (SSSR count). The molecule has 2 fully saturated rings. The molecule has 0 atom stereocenters. The summed E-state index contributed by atoms with van der Waals surface area (Å²) in [5, 5.41) is 10.9. The van der Waals surface area contributed by atoms with Gasteiger partial charge in [0.2, 0.25) is 0 Å². The Hall–Kier alpha value is -2.57. The van der Waals surface area contributed by atoms with E-state index in [9.17, 15) is 0 Å². The Morgan fingerprint density at radius 3 is 2.52 bits per heavy atom. The van der Waals surface area contributed by atoms with E-state index in [2.05, 4.69) is 61.7 Å². The molecule has 2 aromatic heterocycles. The Balaban J connectivity index is 1.35. The normalized spacial score (nSPS) is 16.0. The highest BCUT2D eigenvalue weighted by Crippen LogP contribution is 2.35. The zero-order valence-electron chi connectivity index (χ0n) is 25.4. The summed E-state index contributed by atoms with van der Waals surface area (Å²) in [5.41, 5.74) is 5.95. The van der Waals surface area contributed by atoms with Crippen LogP contribution in [0.25, 0.3) is 22.6 Å². The fourth-order valence-corrected chi connectivity index (χ4v) is 7.05. The fourth-order valence-electron chi connectivity index (χ4n) is 5.73. The average molecular weight is 609 g/mol. The van der Waals surface area contributed by atoms with Gasteiger partial charge in [0.15, 0.2) is 5.82 Å². The minimum absolute atomic E-state index is 0.720. The van der Waals surface area contributed by atoms with Crippen LogP contribution >= 0.6 is 24.0 Å². The van der Waals surface area contributed by atoms with Gasteiger partial charge in [-0.1, -0.05) is 47.3 Å². The number of anilines is 1. The van der Waals surface area contributed by atoms with Gasteiger partial charge in [0, 0.05) is 69.2 Å². The van der Waals surface area contributed by atoms with E-state index in [-0.39, 0.29) is 0 Å². The summed E-state index contributed by atoms with van der Waals surface area (Å²) < 4.78 is 6.58. The van der Waals surface area contributed by atoms with Crippen LogP contribution in [0.3, 0.4) is 0 Å². The number of rotatable bonds is 11. The van der Waals surface area contributed by atoms with Crippen LogP contribution in [0.5, 0.6) is 0 Å². The van der Waals surface area contributed by atoms with Crippen molar-refractivity contribution in [3.8, 4) is 22.6 Å². The third-order valence-electron chi connectivity index (χ3n) is 8.13. The average Bonchev–Trinajstić information content (AvgIpc) is 3.65. The first-order valence-corrected chi connectivity index (χ1v) is 16.5. The third kappa shape index (κ3) is 7.49. The van der Waals surface area contributed by atoms with Crippen LogP contribution in [-0.4, -0.2) is 101 Å². The van der Waals surface area contributed by atoms with Gasteiger partial charge in [0.1, 0.15) is 15.9 Å². The Bertz CT molecular complexity index is 1330. The molecule has 0 radical (unpaired) electrons. The molecule has 0 bridgehead atoms. The van der Waals surface area contributed by atoms with Crippen molar-refractivity contribution in [2.24, 2.45) is 0 Å². The summed E-state index contributed by atoms with van der Waals surface area (Å²) in [5.74, 6) is 3.53. The van der Waals surface area contributed by atoms with Crippen LogP contribution in [0.15, 0.2) is 28.8 Å². The van der Waals surface area contributed by atoms with E-state index in [0.29, 0.717) is 0 Å². The topological polar surface area (TPSA) is 85.6 Å². The summed E-state index contributed by atoms with van der Waals surface area (Å²) in [6.45, 7) is 15.8. The second-order valence-corrected chi connectivity index (χ2v) is 12.9. The van der Waals surface area contributed by atoms with Gasteiger partial charge in [-0.2, -0.15) is 0 Å². The smallest absolute Gasteiger partial charge is 0.162 e. The molecule has 9 nitrogen and oxygen atoms in total. The van der Waals surface area contributed by atoms with Gasteiger partial charge in [-0.05, 0) is 65.4 Å². The summed E-state index contributed by atoms with van der Waals surface area (Å²) in [4.78, 5) is 17.6. The number of piperazine rings is 1. The van der Waals surface area contributed by atoms with E-state index in [1.54, 1.807) is 0 Å². The zero-order valence-corrected chi connectivity index (χ0v) is 27.0. The van der Waals surface area contributed by atoms with Gasteiger partial charge in [-0.25, -0.2) is 9.97 Å². The maximum absolute atomic E-state index is 5.84. The zero-order chi connectivity index (χ0) is 29.5. The Kier molecular flexibility index (Phi) is 10.8. The molecule has 226 valence electrons. The Morgan fingerprint density at radius 2 is 1.81 bits per heavy atom. The first-order chi connectivity index (χ1) is 20.4. The second-order valence-electron chi connectivity index (χ2n) is 11.2. The van der Waals surface area contributed by atoms with E-state index in [0.717, 1.165) is 108 Å². The fraction of sp³-hybridized carbons (Fsp3) is 0.548. The van der Waals surface area contributed by atoms with Gasteiger partial charge in [0.25, 0.3) is 0 Å². The maximum atomic E-state index is 5.84. The van der Waals surface area contributed by atoms with Crippen molar-refractivity contribution in [1.82, 2.24) is 35.6 Å². The summed E-state index contributed by atoms with van der Waals surface area (Å²) >= 11 is 7.67. The molecule has 0 amide bonds. The predicted molar refractivity (Wildman–Crippen MR) is 177 cm³/mol. The van der Waals surface area contributed by atoms with Crippen LogP contribution in [-0.2, 0) is 6.54 Å². The Morgan fingerprint density at radius 1 is 1.02 bits per heavy atom. The van der Waals surface area contributed by atoms with Gasteiger partial charge in [-0.15, -0.1) is 0 Å². The highest BCUT2D eigenvalue weighted by atomic mass is 32.2. The van der Waals surface area contributed by atoms with Crippen LogP contribution in [0.1, 0.15) is 35.4 Å². The van der Waals surface area contributed by atoms with E-state index in [1.807, 2.05) is 32.7 Å². The number of hydrogen-bond donors (Lipinski definition) is 2. The van der Waals surface area contributed by atoms with E-state index >= 15 is 0 Å². The van der Waals surface area contributed by atoms with Crippen LogP contribution in [0.2, 0.25) is 0 Å². The van der Waals surface area contributed by atoms with Crippen molar-refractivity contribution in [1.29, 1.82) is 0 Å². The quantitative estimate of drug-likeness (QED) is 0.242. The number of aromatic nitrogens is 3. The highest BCUT2D eigenvalue weighted by Gasteiger charge is 2.26. The molecular weight excluding hydrogens is 565 g/mol. The van der Waals surface area contributed by atoms with Crippen molar-refractivity contribution < 1.29 is 4.52 Å². The number of nitrogens with one attached hydrogen (secondary N) is 2. The second kappa shape index (κ2) is 14.7. The first kappa shape index (κ1) is 30.9. The highest BCUT2D eigenvalue weighted by molar-refractivity contribution is 8.22. The largest absolute Gasteiger partial charge is 0.361 e. The summed E-state index contributed by atoms with van der Waals surface area (Å²) in [7, 11) is 1.97. The van der Waals surface area contributed by atoms with Crippen molar-refractivity contribution in [3.05, 3.63) is 46.8 Å². The standard InChI is InChI=1S/C31H44N8OS2/c1-22-28(27-23(2)36-40-24(27)3)34-29(26-9-7-8-25(20-26)21-33-11-10-32-4)35-30(22)38-14-16-39(17-15-38)31(41)42-19-18-37-12-5-6-13-37/h7-9,20,32-33H,5-6,10-19,21H2,1-4H3. The minimum atomic E-state index is 0.720. The molecule has 0 saturated carbocycles. The number of nitrogens with zero attached hydrogens (tertiary/aromatic N) is 6. The molecule has 1 aromatic carbocycles. The van der Waals surface area contributed by atoms with E-state index in [4.69, 9.17) is 26.7 Å². The number of thioether (sulfide) groups is 1. The van der Waals surface area contributed by atoms with Crippen molar-refractivity contribution >= 4 is 34.1 Å². The molecule has 0 unspecified atom stereocenters. The molecule has 42 heavy (non-hydrogen) atoms. The van der Waals surface area contributed by atoms with Crippen molar-refractivity contribution in [3.63, 3.8) is 0 Å². The van der Waals surface area contributed by atoms with Crippen molar-refractivity contribution in [2.45, 2.75) is 40.2 Å². The number of aryl methyl sites for hydroxylation is 2. The summed E-state index contributed by atoms with van der Waals surface area (Å²) in [6, 6.07) is 8.52. The number of hydrogen-bond acceptors (Lipinski definition) is 10. The SMILES string of the molecule is CNCCNCc1cccc(-c2nc(-c3c(C)noc3C)c(C)c(N3CCN(C(=S)SCCN4CCCC4)CC3)n2)c1. The van der Waals surface area contributed by atoms with Gasteiger partial charge in [0.05, 0.1) is 17.0 Å². The van der Waals surface area contributed by atoms with Crippen LogP contribution in [0, 0.1) is 20.8 Å². The lowest BCUT2D eigenvalue weighted by Gasteiger charge is -2.37. The lowest BCUT2D eigenvalue weighted by Crippen LogP contribution is -2.48. The van der Waals surface area contributed by atoms with Gasteiger partial charge in [-0.3, -0.25) is 0 Å². The molecule has 4 heterocycles. The van der Waals surface area contributed by atoms with E-state index < -0.39 is 0 Å². The van der Waals surface area contributed by atoms with Crippen LogP contribution < -0.4 is 15.5 Å². The number of likely N-dealkylation sites (N-methyl/N-ethyl adjacent to an activating group) is 1. The minimum Gasteiger partial charge on any atom is -0.361 e. The van der Waals surface area contributed by atoms with E-state index in [1.165, 1.54) is 31.5 Å². The molecule has 0 spiro atoms. The third-order valence-corrected chi connectivity index (χ3v) is 9.63. The molecule has 2 N–H and O–H groups in total. The number of thiocarbonyl (C=S) groups is 1. The molecule has 2 aliphatic heterocycles. The van der Waals surface area contributed by atoms with Gasteiger partial charge < -0.3 is 29.9 Å². The predicted octanol–water partition coefficient (Wildman–Crippen LogP) is 4.27. The summed E-state index contributed by atoms with van der Waals surface area (Å²) in [6.07, 6.45) is 2.66. The monoisotopic (exact) mass is 608 g/mol. The molecule has 0 aliphatic carbocycles. The molecular formula is C31H44N8OS2. The molecule has 3 aromatic rings.